The summed E-state index contributed by atoms with van der Waals surface area (Å²) in [5, 5.41) is 6.29. The van der Waals surface area contributed by atoms with Gasteiger partial charge in [-0.1, -0.05) is 19.8 Å². The molecule has 15 heavy (non-hydrogen) atoms. The van der Waals surface area contributed by atoms with Crippen LogP contribution in [0.1, 0.15) is 32.6 Å². The SMILES string of the molecule is CC1(CNC(=O)C2CSCN2)CCCC1. The van der Waals surface area contributed by atoms with E-state index in [4.69, 9.17) is 0 Å². The molecule has 2 fully saturated rings. The van der Waals surface area contributed by atoms with Crippen LogP contribution in [0.4, 0.5) is 0 Å². The number of rotatable bonds is 3. The zero-order valence-corrected chi connectivity index (χ0v) is 10.2. The van der Waals surface area contributed by atoms with Gasteiger partial charge in [-0.05, 0) is 18.3 Å². The minimum absolute atomic E-state index is 0.0417. The van der Waals surface area contributed by atoms with Gasteiger partial charge in [0.1, 0.15) is 0 Å². The van der Waals surface area contributed by atoms with Crippen molar-refractivity contribution >= 4 is 17.7 Å². The first-order valence-electron chi connectivity index (χ1n) is 5.78. The van der Waals surface area contributed by atoms with E-state index in [1.807, 2.05) is 0 Å². The Morgan fingerprint density at radius 3 is 2.87 bits per heavy atom. The van der Waals surface area contributed by atoms with Gasteiger partial charge >= 0.3 is 0 Å². The highest BCUT2D eigenvalue weighted by atomic mass is 32.2. The quantitative estimate of drug-likeness (QED) is 0.766. The third-order valence-electron chi connectivity index (χ3n) is 3.53. The second-order valence-electron chi connectivity index (χ2n) is 5.01. The summed E-state index contributed by atoms with van der Waals surface area (Å²) in [5.41, 5.74) is 0.363. The fraction of sp³-hybridized carbons (Fsp3) is 0.909. The topological polar surface area (TPSA) is 41.1 Å². The molecule has 0 spiro atoms. The average molecular weight is 228 g/mol. The Kier molecular flexibility index (Phi) is 3.57. The molecule has 1 unspecified atom stereocenters. The van der Waals surface area contributed by atoms with Crippen LogP contribution < -0.4 is 10.6 Å². The molecule has 0 aromatic carbocycles. The number of carbonyl (C=O) groups excluding carboxylic acids is 1. The highest BCUT2D eigenvalue weighted by Crippen LogP contribution is 2.36. The van der Waals surface area contributed by atoms with Crippen LogP contribution in [0.15, 0.2) is 0 Å². The molecule has 1 atom stereocenters. The first-order chi connectivity index (χ1) is 7.20. The molecule has 2 rings (SSSR count). The highest BCUT2D eigenvalue weighted by molar-refractivity contribution is 7.99. The van der Waals surface area contributed by atoms with Crippen molar-refractivity contribution in [3.8, 4) is 0 Å². The van der Waals surface area contributed by atoms with Gasteiger partial charge < -0.3 is 5.32 Å². The van der Waals surface area contributed by atoms with Crippen LogP contribution in [0.2, 0.25) is 0 Å². The fourth-order valence-corrected chi connectivity index (χ4v) is 3.33. The van der Waals surface area contributed by atoms with Gasteiger partial charge in [0.15, 0.2) is 0 Å². The van der Waals surface area contributed by atoms with Gasteiger partial charge in [-0.25, -0.2) is 0 Å². The lowest BCUT2D eigenvalue weighted by atomic mass is 9.89. The van der Waals surface area contributed by atoms with E-state index in [9.17, 15) is 4.79 Å². The van der Waals surface area contributed by atoms with Crippen LogP contribution in [0, 0.1) is 5.41 Å². The van der Waals surface area contributed by atoms with Crippen LogP contribution in [-0.4, -0.2) is 30.1 Å². The van der Waals surface area contributed by atoms with Crippen molar-refractivity contribution < 1.29 is 4.79 Å². The summed E-state index contributed by atoms with van der Waals surface area (Å²) in [7, 11) is 0. The summed E-state index contributed by atoms with van der Waals surface area (Å²) in [6, 6.07) is 0.0417. The van der Waals surface area contributed by atoms with E-state index < -0.39 is 0 Å². The fourth-order valence-electron chi connectivity index (χ4n) is 2.39. The van der Waals surface area contributed by atoms with Gasteiger partial charge in [0.25, 0.3) is 0 Å². The molecule has 0 aromatic rings. The van der Waals surface area contributed by atoms with Crippen molar-refractivity contribution in [3.63, 3.8) is 0 Å². The second-order valence-corrected chi connectivity index (χ2v) is 6.04. The maximum Gasteiger partial charge on any atom is 0.238 e. The highest BCUT2D eigenvalue weighted by Gasteiger charge is 2.30. The number of nitrogens with one attached hydrogen (secondary N) is 2. The molecule has 0 radical (unpaired) electrons. The largest absolute Gasteiger partial charge is 0.354 e. The molecule has 1 aliphatic carbocycles. The molecule has 1 saturated carbocycles. The Labute approximate surface area is 95.8 Å². The van der Waals surface area contributed by atoms with Crippen molar-refractivity contribution in [1.29, 1.82) is 0 Å². The lowest BCUT2D eigenvalue weighted by Gasteiger charge is -2.24. The van der Waals surface area contributed by atoms with Gasteiger partial charge in [-0.3, -0.25) is 10.1 Å². The zero-order chi connectivity index (χ0) is 10.7. The van der Waals surface area contributed by atoms with Crippen molar-refractivity contribution in [3.05, 3.63) is 0 Å². The molecule has 0 bridgehead atoms. The summed E-state index contributed by atoms with van der Waals surface area (Å²) in [6.07, 6.45) is 5.17. The summed E-state index contributed by atoms with van der Waals surface area (Å²) in [4.78, 5) is 11.8. The van der Waals surface area contributed by atoms with E-state index in [-0.39, 0.29) is 11.9 Å². The van der Waals surface area contributed by atoms with Gasteiger partial charge in [0.05, 0.1) is 6.04 Å². The van der Waals surface area contributed by atoms with Crippen LogP contribution in [0.3, 0.4) is 0 Å². The second kappa shape index (κ2) is 4.74. The van der Waals surface area contributed by atoms with Crippen molar-refractivity contribution in [2.75, 3.05) is 18.2 Å². The van der Waals surface area contributed by atoms with Crippen LogP contribution in [0.5, 0.6) is 0 Å². The van der Waals surface area contributed by atoms with E-state index in [1.165, 1.54) is 25.7 Å². The molecule has 0 aromatic heterocycles. The Balaban J connectivity index is 1.74. The Bertz CT molecular complexity index is 233. The van der Waals surface area contributed by atoms with E-state index in [1.54, 1.807) is 11.8 Å². The van der Waals surface area contributed by atoms with Gasteiger partial charge in [-0.15, -0.1) is 11.8 Å². The van der Waals surface area contributed by atoms with E-state index in [0.29, 0.717) is 5.41 Å². The Hall–Kier alpha value is -0.220. The molecule has 86 valence electrons. The number of carbonyl (C=O) groups is 1. The first kappa shape index (κ1) is 11.3. The number of amides is 1. The smallest absolute Gasteiger partial charge is 0.238 e. The third kappa shape index (κ3) is 2.88. The first-order valence-corrected chi connectivity index (χ1v) is 6.94. The zero-order valence-electron chi connectivity index (χ0n) is 9.34. The molecule has 1 saturated heterocycles. The molecule has 3 nitrogen and oxygen atoms in total. The standard InChI is InChI=1S/C11H20N2OS/c1-11(4-2-3-5-11)7-12-10(14)9-6-15-8-13-9/h9,13H,2-8H2,1H3,(H,12,14). The van der Waals surface area contributed by atoms with Crippen molar-refractivity contribution in [1.82, 2.24) is 10.6 Å². The summed E-state index contributed by atoms with van der Waals surface area (Å²) in [5.74, 6) is 2.02. The molecular weight excluding hydrogens is 208 g/mol. The lowest BCUT2D eigenvalue weighted by molar-refractivity contribution is -0.122. The molecule has 1 aliphatic heterocycles. The molecular formula is C11H20N2OS. The molecule has 1 amide bonds. The van der Waals surface area contributed by atoms with E-state index in [2.05, 4.69) is 17.6 Å². The number of thioether (sulfide) groups is 1. The number of hydrogen-bond acceptors (Lipinski definition) is 3. The van der Waals surface area contributed by atoms with Crippen LogP contribution in [0.25, 0.3) is 0 Å². The van der Waals surface area contributed by atoms with Crippen LogP contribution in [-0.2, 0) is 4.79 Å². The van der Waals surface area contributed by atoms with Crippen molar-refractivity contribution in [2.24, 2.45) is 5.41 Å². The summed E-state index contributed by atoms with van der Waals surface area (Å²) in [6.45, 7) is 3.14. The van der Waals surface area contributed by atoms with Gasteiger partial charge in [0.2, 0.25) is 5.91 Å². The molecule has 2 N–H and O–H groups in total. The third-order valence-corrected chi connectivity index (χ3v) is 4.47. The van der Waals surface area contributed by atoms with Gasteiger partial charge in [0, 0.05) is 18.2 Å². The average Bonchev–Trinajstić information content (AvgIpc) is 2.85. The maximum atomic E-state index is 11.8. The van der Waals surface area contributed by atoms with Crippen molar-refractivity contribution in [2.45, 2.75) is 38.6 Å². The predicted octanol–water partition coefficient (Wildman–Crippen LogP) is 1.35. The predicted molar refractivity (Wildman–Crippen MR) is 63.8 cm³/mol. The maximum absolute atomic E-state index is 11.8. The summed E-state index contributed by atoms with van der Waals surface area (Å²) < 4.78 is 0. The number of hydrogen-bond donors (Lipinski definition) is 2. The normalized spacial score (nSPS) is 29.3. The van der Waals surface area contributed by atoms with Crippen LogP contribution >= 0.6 is 11.8 Å². The Morgan fingerprint density at radius 2 is 2.27 bits per heavy atom. The lowest BCUT2D eigenvalue weighted by Crippen LogP contribution is -2.45. The minimum atomic E-state index is 0.0417. The monoisotopic (exact) mass is 228 g/mol. The van der Waals surface area contributed by atoms with E-state index >= 15 is 0 Å². The molecule has 1 heterocycles. The molecule has 2 aliphatic rings. The van der Waals surface area contributed by atoms with Gasteiger partial charge in [-0.2, -0.15) is 0 Å². The summed E-state index contributed by atoms with van der Waals surface area (Å²) >= 11 is 1.80. The minimum Gasteiger partial charge on any atom is -0.354 e. The van der Waals surface area contributed by atoms with E-state index in [0.717, 1.165) is 18.2 Å². The Morgan fingerprint density at radius 1 is 1.53 bits per heavy atom. The molecule has 4 heteroatoms.